The van der Waals surface area contributed by atoms with Gasteiger partial charge in [0.15, 0.2) is 5.78 Å². The SMILES string of the molecule is O=C(C1CCCCC1)C(Nc1ccc(Cl)cc1)c1ccccc1. The van der Waals surface area contributed by atoms with Gasteiger partial charge in [-0.3, -0.25) is 4.79 Å². The summed E-state index contributed by atoms with van der Waals surface area (Å²) in [5.74, 6) is 0.486. The van der Waals surface area contributed by atoms with Gasteiger partial charge in [-0.1, -0.05) is 61.2 Å². The molecule has 3 rings (SSSR count). The molecule has 0 bridgehead atoms. The Bertz CT molecular complexity index is 632. The van der Waals surface area contributed by atoms with Crippen LogP contribution in [0.3, 0.4) is 0 Å². The molecule has 0 aliphatic heterocycles. The first-order chi connectivity index (χ1) is 11.2. The molecule has 2 aromatic carbocycles. The van der Waals surface area contributed by atoms with Crippen LogP contribution < -0.4 is 5.32 Å². The number of benzene rings is 2. The fourth-order valence-corrected chi connectivity index (χ4v) is 3.43. The monoisotopic (exact) mass is 327 g/mol. The van der Waals surface area contributed by atoms with Crippen molar-refractivity contribution in [1.82, 2.24) is 0 Å². The summed E-state index contributed by atoms with van der Waals surface area (Å²) in [4.78, 5) is 13.1. The van der Waals surface area contributed by atoms with Crippen molar-refractivity contribution in [3.63, 3.8) is 0 Å². The van der Waals surface area contributed by atoms with Gasteiger partial charge < -0.3 is 5.32 Å². The quantitative estimate of drug-likeness (QED) is 0.769. The van der Waals surface area contributed by atoms with Crippen molar-refractivity contribution in [1.29, 1.82) is 0 Å². The summed E-state index contributed by atoms with van der Waals surface area (Å²) < 4.78 is 0. The topological polar surface area (TPSA) is 29.1 Å². The van der Waals surface area contributed by atoms with Crippen LogP contribution in [0, 0.1) is 5.92 Å². The van der Waals surface area contributed by atoms with E-state index in [0.29, 0.717) is 10.8 Å². The fraction of sp³-hybridized carbons (Fsp3) is 0.350. The molecule has 0 spiro atoms. The second kappa shape index (κ2) is 7.65. The van der Waals surface area contributed by atoms with Crippen LogP contribution in [0.25, 0.3) is 0 Å². The van der Waals surface area contributed by atoms with E-state index in [1.54, 1.807) is 0 Å². The second-order valence-corrected chi connectivity index (χ2v) is 6.67. The highest BCUT2D eigenvalue weighted by molar-refractivity contribution is 6.30. The highest BCUT2D eigenvalue weighted by Gasteiger charge is 2.29. The van der Waals surface area contributed by atoms with Crippen molar-refractivity contribution in [2.75, 3.05) is 5.32 Å². The molecule has 1 unspecified atom stereocenters. The number of nitrogens with one attached hydrogen (secondary N) is 1. The lowest BCUT2D eigenvalue weighted by Crippen LogP contribution is -2.29. The number of hydrogen-bond donors (Lipinski definition) is 1. The van der Waals surface area contributed by atoms with E-state index in [0.717, 1.165) is 24.1 Å². The molecule has 1 aliphatic rings. The molecule has 0 aromatic heterocycles. The normalized spacial score (nSPS) is 16.7. The van der Waals surface area contributed by atoms with Gasteiger partial charge in [-0.25, -0.2) is 0 Å². The van der Waals surface area contributed by atoms with Gasteiger partial charge in [0.05, 0.1) is 0 Å². The third-order valence-corrected chi connectivity index (χ3v) is 4.83. The van der Waals surface area contributed by atoms with Gasteiger partial charge in [-0.05, 0) is 42.7 Å². The summed E-state index contributed by atoms with van der Waals surface area (Å²) in [5.41, 5.74) is 1.95. The smallest absolute Gasteiger partial charge is 0.162 e. The van der Waals surface area contributed by atoms with E-state index < -0.39 is 0 Å². The van der Waals surface area contributed by atoms with Gasteiger partial charge in [0, 0.05) is 16.6 Å². The van der Waals surface area contributed by atoms with Gasteiger partial charge >= 0.3 is 0 Å². The van der Waals surface area contributed by atoms with Crippen molar-refractivity contribution in [2.24, 2.45) is 5.92 Å². The van der Waals surface area contributed by atoms with Crippen molar-refractivity contribution in [3.05, 3.63) is 65.2 Å². The molecular weight excluding hydrogens is 306 g/mol. The lowest BCUT2D eigenvalue weighted by molar-refractivity contribution is -0.124. The predicted octanol–water partition coefficient (Wildman–Crippen LogP) is 5.64. The molecule has 23 heavy (non-hydrogen) atoms. The molecule has 3 heteroatoms. The summed E-state index contributed by atoms with van der Waals surface area (Å²) in [7, 11) is 0. The van der Waals surface area contributed by atoms with E-state index in [1.165, 1.54) is 19.3 Å². The Labute approximate surface area is 142 Å². The molecule has 2 nitrogen and oxygen atoms in total. The van der Waals surface area contributed by atoms with E-state index in [2.05, 4.69) is 5.32 Å². The van der Waals surface area contributed by atoms with Crippen LogP contribution in [0.5, 0.6) is 0 Å². The van der Waals surface area contributed by atoms with E-state index in [4.69, 9.17) is 11.6 Å². The third kappa shape index (κ3) is 4.14. The first kappa shape index (κ1) is 16.1. The molecule has 1 fully saturated rings. The van der Waals surface area contributed by atoms with Crippen molar-refractivity contribution < 1.29 is 4.79 Å². The molecule has 1 aliphatic carbocycles. The van der Waals surface area contributed by atoms with E-state index in [-0.39, 0.29) is 12.0 Å². The Morgan fingerprint density at radius 2 is 1.61 bits per heavy atom. The first-order valence-electron chi connectivity index (χ1n) is 8.35. The average molecular weight is 328 g/mol. The van der Waals surface area contributed by atoms with Crippen LogP contribution >= 0.6 is 11.6 Å². The van der Waals surface area contributed by atoms with Crippen LogP contribution in [0.15, 0.2) is 54.6 Å². The summed E-state index contributed by atoms with van der Waals surface area (Å²) in [5, 5.41) is 4.11. The lowest BCUT2D eigenvalue weighted by atomic mass is 9.82. The van der Waals surface area contributed by atoms with E-state index in [1.807, 2.05) is 54.6 Å². The molecule has 0 radical (unpaired) electrons. The molecule has 0 saturated heterocycles. The van der Waals surface area contributed by atoms with E-state index in [9.17, 15) is 4.79 Å². The largest absolute Gasteiger partial charge is 0.372 e. The Kier molecular flexibility index (Phi) is 5.35. The number of Topliss-reactive ketones (excluding diaryl/α,β-unsaturated/α-hetero) is 1. The molecule has 1 N–H and O–H groups in total. The van der Waals surface area contributed by atoms with Crippen LogP contribution in [0.4, 0.5) is 5.69 Å². The van der Waals surface area contributed by atoms with Crippen LogP contribution in [0.1, 0.15) is 43.7 Å². The maximum atomic E-state index is 13.1. The lowest BCUT2D eigenvalue weighted by Gasteiger charge is -2.27. The zero-order valence-corrected chi connectivity index (χ0v) is 13.9. The molecule has 1 atom stereocenters. The van der Waals surface area contributed by atoms with Crippen molar-refractivity contribution >= 4 is 23.1 Å². The van der Waals surface area contributed by atoms with Crippen LogP contribution in [-0.2, 0) is 4.79 Å². The first-order valence-corrected chi connectivity index (χ1v) is 8.72. The van der Waals surface area contributed by atoms with Gasteiger partial charge in [0.2, 0.25) is 0 Å². The maximum absolute atomic E-state index is 13.1. The minimum atomic E-state index is -0.291. The van der Waals surface area contributed by atoms with Gasteiger partial charge in [-0.2, -0.15) is 0 Å². The zero-order chi connectivity index (χ0) is 16.1. The highest BCUT2D eigenvalue weighted by Crippen LogP contribution is 2.31. The zero-order valence-electron chi connectivity index (χ0n) is 13.2. The minimum Gasteiger partial charge on any atom is -0.372 e. The Balaban J connectivity index is 1.84. The summed E-state index contributed by atoms with van der Waals surface area (Å²) in [6, 6.07) is 17.2. The average Bonchev–Trinajstić information content (AvgIpc) is 2.62. The summed E-state index contributed by atoms with van der Waals surface area (Å²) >= 11 is 5.95. The number of anilines is 1. The number of ketones is 1. The number of rotatable bonds is 5. The minimum absolute atomic E-state index is 0.175. The Morgan fingerprint density at radius 3 is 2.26 bits per heavy atom. The summed E-state index contributed by atoms with van der Waals surface area (Å²) in [6.07, 6.45) is 5.62. The maximum Gasteiger partial charge on any atom is 0.162 e. The van der Waals surface area contributed by atoms with Crippen LogP contribution in [-0.4, -0.2) is 5.78 Å². The third-order valence-electron chi connectivity index (χ3n) is 4.58. The van der Waals surface area contributed by atoms with Crippen molar-refractivity contribution in [2.45, 2.75) is 38.1 Å². The van der Waals surface area contributed by atoms with Crippen LogP contribution in [0.2, 0.25) is 5.02 Å². The number of hydrogen-bond acceptors (Lipinski definition) is 2. The molecule has 0 heterocycles. The molecular formula is C20H22ClNO. The number of carbonyl (C=O) groups is 1. The molecule has 0 amide bonds. The Morgan fingerprint density at radius 1 is 0.957 bits per heavy atom. The highest BCUT2D eigenvalue weighted by atomic mass is 35.5. The Hall–Kier alpha value is -1.80. The van der Waals surface area contributed by atoms with Gasteiger partial charge in [-0.15, -0.1) is 0 Å². The molecule has 1 saturated carbocycles. The van der Waals surface area contributed by atoms with Gasteiger partial charge in [0.25, 0.3) is 0 Å². The molecule has 2 aromatic rings. The van der Waals surface area contributed by atoms with E-state index >= 15 is 0 Å². The van der Waals surface area contributed by atoms with Crippen molar-refractivity contribution in [3.8, 4) is 0 Å². The fourth-order valence-electron chi connectivity index (χ4n) is 3.30. The summed E-state index contributed by atoms with van der Waals surface area (Å²) in [6.45, 7) is 0. The second-order valence-electron chi connectivity index (χ2n) is 6.23. The van der Waals surface area contributed by atoms with Gasteiger partial charge in [0.1, 0.15) is 6.04 Å². The predicted molar refractivity (Wildman–Crippen MR) is 95.8 cm³/mol. The number of halogens is 1. The standard InChI is InChI=1S/C20H22ClNO/c21-17-11-13-18(14-12-17)22-19(15-7-3-1-4-8-15)20(23)16-9-5-2-6-10-16/h1,3-4,7-8,11-14,16,19,22H,2,5-6,9-10H2. The molecule has 120 valence electrons. The number of carbonyl (C=O) groups excluding carboxylic acids is 1.